The molecule has 0 aliphatic heterocycles. The molecule has 0 radical (unpaired) electrons. The van der Waals surface area contributed by atoms with Crippen LogP contribution in [0.25, 0.3) is 0 Å². The van der Waals surface area contributed by atoms with Crippen molar-refractivity contribution < 1.29 is 0 Å². The lowest BCUT2D eigenvalue weighted by molar-refractivity contribution is 0.626. The molecule has 0 spiro atoms. The molecule has 2 N–H and O–H groups in total. The SMILES string of the molecule is Cn1cnnc1CCn1c(=O)[nH][nH]c1=S. The number of H-pyrrole nitrogens is 2. The highest BCUT2D eigenvalue weighted by Crippen LogP contribution is 1.95. The van der Waals surface area contributed by atoms with Crippen LogP contribution in [0, 0.1) is 4.77 Å². The molecule has 15 heavy (non-hydrogen) atoms. The molecule has 0 saturated heterocycles. The summed E-state index contributed by atoms with van der Waals surface area (Å²) in [6.07, 6.45) is 2.24. The third-order valence-electron chi connectivity index (χ3n) is 2.13. The average molecular weight is 226 g/mol. The van der Waals surface area contributed by atoms with Gasteiger partial charge in [-0.3, -0.25) is 9.67 Å². The smallest absolute Gasteiger partial charge is 0.321 e. The van der Waals surface area contributed by atoms with Gasteiger partial charge in [-0.15, -0.1) is 10.2 Å². The second-order valence-corrected chi connectivity index (χ2v) is 3.51. The summed E-state index contributed by atoms with van der Waals surface area (Å²) in [5.41, 5.74) is -0.234. The average Bonchev–Trinajstić information content (AvgIpc) is 2.73. The van der Waals surface area contributed by atoms with Crippen molar-refractivity contribution in [3.05, 3.63) is 27.4 Å². The number of hydrogen-bond acceptors (Lipinski definition) is 4. The third-order valence-corrected chi connectivity index (χ3v) is 2.45. The fourth-order valence-electron chi connectivity index (χ4n) is 1.28. The van der Waals surface area contributed by atoms with E-state index in [1.807, 2.05) is 11.6 Å². The lowest BCUT2D eigenvalue weighted by atomic mass is 10.4. The molecule has 0 aliphatic carbocycles. The quantitative estimate of drug-likeness (QED) is 0.698. The van der Waals surface area contributed by atoms with Gasteiger partial charge in [0, 0.05) is 20.0 Å². The maximum Gasteiger partial charge on any atom is 0.342 e. The number of aromatic nitrogens is 6. The standard InChI is InChI=1S/C7H10N6OS/c1-12-4-8-9-5(12)2-3-13-6(14)10-11-7(13)15/h4H,2-3H2,1H3,(H,10,14)(H,11,15). The van der Waals surface area contributed by atoms with Crippen molar-refractivity contribution in [3.8, 4) is 0 Å². The van der Waals surface area contributed by atoms with Crippen LogP contribution in [0.2, 0.25) is 0 Å². The molecule has 80 valence electrons. The zero-order valence-electron chi connectivity index (χ0n) is 8.10. The van der Waals surface area contributed by atoms with Gasteiger partial charge >= 0.3 is 5.69 Å². The van der Waals surface area contributed by atoms with E-state index in [-0.39, 0.29) is 5.69 Å². The van der Waals surface area contributed by atoms with Crippen LogP contribution in [0.5, 0.6) is 0 Å². The zero-order chi connectivity index (χ0) is 10.8. The van der Waals surface area contributed by atoms with Crippen LogP contribution in [-0.4, -0.2) is 29.5 Å². The summed E-state index contributed by atoms with van der Waals surface area (Å²) in [5.74, 6) is 0.817. The number of rotatable bonds is 3. The van der Waals surface area contributed by atoms with Gasteiger partial charge in [0.2, 0.25) is 0 Å². The van der Waals surface area contributed by atoms with E-state index in [0.717, 1.165) is 5.82 Å². The zero-order valence-corrected chi connectivity index (χ0v) is 8.91. The van der Waals surface area contributed by atoms with E-state index in [9.17, 15) is 4.79 Å². The minimum Gasteiger partial charge on any atom is -0.321 e. The summed E-state index contributed by atoms with van der Waals surface area (Å²) in [6.45, 7) is 0.490. The molecule has 0 bridgehead atoms. The van der Waals surface area contributed by atoms with Crippen molar-refractivity contribution in [1.82, 2.24) is 29.5 Å². The molecule has 8 heteroatoms. The van der Waals surface area contributed by atoms with E-state index in [1.54, 1.807) is 6.33 Å². The Morgan fingerprint density at radius 2 is 2.33 bits per heavy atom. The van der Waals surface area contributed by atoms with E-state index < -0.39 is 0 Å². The summed E-state index contributed by atoms with van der Waals surface area (Å²) in [4.78, 5) is 11.3. The first-order chi connectivity index (χ1) is 7.18. The molecular formula is C7H10N6OS. The van der Waals surface area contributed by atoms with Crippen LogP contribution in [-0.2, 0) is 20.0 Å². The minimum atomic E-state index is -0.234. The molecule has 0 unspecified atom stereocenters. The van der Waals surface area contributed by atoms with Gasteiger partial charge in [0.25, 0.3) is 0 Å². The summed E-state index contributed by atoms with van der Waals surface area (Å²) in [5, 5.41) is 12.7. The maximum absolute atomic E-state index is 11.3. The Labute approximate surface area is 89.8 Å². The van der Waals surface area contributed by atoms with E-state index in [2.05, 4.69) is 20.4 Å². The number of aromatic amines is 2. The van der Waals surface area contributed by atoms with Gasteiger partial charge in [-0.05, 0) is 12.2 Å². The summed E-state index contributed by atoms with van der Waals surface area (Å²) in [6, 6.07) is 0. The van der Waals surface area contributed by atoms with Gasteiger partial charge in [-0.2, -0.15) is 0 Å². The van der Waals surface area contributed by atoms with E-state index in [0.29, 0.717) is 17.7 Å². The van der Waals surface area contributed by atoms with Gasteiger partial charge in [0.05, 0.1) is 0 Å². The lowest BCUT2D eigenvalue weighted by Crippen LogP contribution is -2.19. The molecule has 0 atom stereocenters. The second kappa shape index (κ2) is 3.81. The van der Waals surface area contributed by atoms with Gasteiger partial charge in [-0.25, -0.2) is 9.89 Å². The van der Waals surface area contributed by atoms with Crippen LogP contribution in [0.4, 0.5) is 0 Å². The van der Waals surface area contributed by atoms with Crippen molar-refractivity contribution in [3.63, 3.8) is 0 Å². The number of nitrogens with zero attached hydrogens (tertiary/aromatic N) is 4. The topological polar surface area (TPSA) is 84.3 Å². The molecule has 0 aromatic carbocycles. The van der Waals surface area contributed by atoms with Crippen molar-refractivity contribution in [2.24, 2.45) is 7.05 Å². The van der Waals surface area contributed by atoms with Crippen molar-refractivity contribution >= 4 is 12.2 Å². The first kappa shape index (κ1) is 9.84. The Morgan fingerprint density at radius 3 is 2.87 bits per heavy atom. The number of nitrogens with one attached hydrogen (secondary N) is 2. The molecule has 7 nitrogen and oxygen atoms in total. The third kappa shape index (κ3) is 1.89. The summed E-state index contributed by atoms with van der Waals surface area (Å²) in [7, 11) is 1.86. The predicted octanol–water partition coefficient (Wildman–Crippen LogP) is -0.395. The predicted molar refractivity (Wildman–Crippen MR) is 54.9 cm³/mol. The highest BCUT2D eigenvalue weighted by molar-refractivity contribution is 7.71. The molecule has 2 aromatic rings. The fraction of sp³-hybridized carbons (Fsp3) is 0.429. The molecule has 2 rings (SSSR count). The van der Waals surface area contributed by atoms with E-state index in [4.69, 9.17) is 12.2 Å². The first-order valence-electron chi connectivity index (χ1n) is 4.39. The van der Waals surface area contributed by atoms with E-state index in [1.165, 1.54) is 4.57 Å². The van der Waals surface area contributed by atoms with Crippen LogP contribution < -0.4 is 5.69 Å². The Balaban J connectivity index is 2.15. The molecule has 0 amide bonds. The van der Waals surface area contributed by atoms with Gasteiger partial charge in [0.1, 0.15) is 12.2 Å². The number of aryl methyl sites for hydroxylation is 2. The highest BCUT2D eigenvalue weighted by atomic mass is 32.1. The molecule has 0 fully saturated rings. The Hall–Kier alpha value is -1.70. The highest BCUT2D eigenvalue weighted by Gasteiger charge is 2.04. The lowest BCUT2D eigenvalue weighted by Gasteiger charge is -1.99. The molecular weight excluding hydrogens is 216 g/mol. The monoisotopic (exact) mass is 226 g/mol. The molecule has 0 saturated carbocycles. The van der Waals surface area contributed by atoms with Crippen LogP contribution in [0.3, 0.4) is 0 Å². The normalized spacial score (nSPS) is 10.7. The largest absolute Gasteiger partial charge is 0.342 e. The first-order valence-corrected chi connectivity index (χ1v) is 4.79. The molecule has 2 heterocycles. The van der Waals surface area contributed by atoms with Crippen molar-refractivity contribution in [1.29, 1.82) is 0 Å². The Bertz CT molecular complexity index is 533. The Kier molecular flexibility index (Phi) is 2.50. The fourth-order valence-corrected chi connectivity index (χ4v) is 1.51. The molecule has 0 aliphatic rings. The van der Waals surface area contributed by atoms with Crippen LogP contribution >= 0.6 is 12.2 Å². The van der Waals surface area contributed by atoms with Gasteiger partial charge in [-0.1, -0.05) is 0 Å². The molecule has 2 aromatic heterocycles. The van der Waals surface area contributed by atoms with Crippen molar-refractivity contribution in [2.45, 2.75) is 13.0 Å². The maximum atomic E-state index is 11.3. The van der Waals surface area contributed by atoms with Crippen LogP contribution in [0.15, 0.2) is 11.1 Å². The summed E-state index contributed by atoms with van der Waals surface area (Å²) < 4.78 is 3.65. The summed E-state index contributed by atoms with van der Waals surface area (Å²) >= 11 is 4.93. The van der Waals surface area contributed by atoms with Gasteiger partial charge < -0.3 is 4.57 Å². The minimum absolute atomic E-state index is 0.234. The van der Waals surface area contributed by atoms with Crippen molar-refractivity contribution in [2.75, 3.05) is 0 Å². The van der Waals surface area contributed by atoms with Gasteiger partial charge in [0.15, 0.2) is 4.77 Å². The second-order valence-electron chi connectivity index (χ2n) is 3.12. The van der Waals surface area contributed by atoms with E-state index >= 15 is 0 Å². The van der Waals surface area contributed by atoms with Crippen LogP contribution in [0.1, 0.15) is 5.82 Å². The number of hydrogen-bond donors (Lipinski definition) is 2. The Morgan fingerprint density at radius 1 is 1.53 bits per heavy atom.